The lowest BCUT2D eigenvalue weighted by Crippen LogP contribution is -2.17. The first-order valence-corrected chi connectivity index (χ1v) is 6.03. The summed E-state index contributed by atoms with van der Waals surface area (Å²) in [7, 11) is 0. The highest BCUT2D eigenvalue weighted by Crippen LogP contribution is 2.03. The number of anilines is 1. The molecule has 2 heterocycles. The van der Waals surface area contributed by atoms with Gasteiger partial charge in [0.05, 0.1) is 6.33 Å². The van der Waals surface area contributed by atoms with Crippen molar-refractivity contribution in [3.63, 3.8) is 0 Å². The Morgan fingerprint density at radius 2 is 2.37 bits per heavy atom. The number of aromatic nitrogens is 4. The van der Waals surface area contributed by atoms with Crippen molar-refractivity contribution in [3.8, 4) is 0 Å². The number of ether oxygens (including phenoxy) is 1. The lowest BCUT2D eigenvalue weighted by atomic mass is 10.3. The number of unbranched alkanes of at least 4 members (excludes halogenated alkanes) is 1. The van der Waals surface area contributed by atoms with Crippen LogP contribution in [0.25, 0.3) is 11.2 Å². The van der Waals surface area contributed by atoms with E-state index in [1.54, 1.807) is 0 Å². The summed E-state index contributed by atoms with van der Waals surface area (Å²) in [5.41, 5.74) is 0.288. The highest BCUT2D eigenvalue weighted by Gasteiger charge is 2.06. The molecule has 0 saturated carbocycles. The predicted molar refractivity (Wildman–Crippen MR) is 68.6 cm³/mol. The summed E-state index contributed by atoms with van der Waals surface area (Å²) >= 11 is 0. The SMILES string of the molecule is CCCCC(=O)OCNc1nc2nc[nH]c2c(=O)[nH]1. The Bertz CT molecular complexity index is 618. The zero-order valence-corrected chi connectivity index (χ0v) is 10.5. The second-order valence-electron chi connectivity index (χ2n) is 3.96. The number of aromatic amines is 2. The minimum Gasteiger partial charge on any atom is -0.444 e. The number of hydrogen-bond donors (Lipinski definition) is 3. The molecule has 3 N–H and O–H groups in total. The average molecular weight is 265 g/mol. The number of carbonyl (C=O) groups is 1. The molecule has 0 saturated heterocycles. The summed E-state index contributed by atoms with van der Waals surface area (Å²) in [5, 5.41) is 2.71. The van der Waals surface area contributed by atoms with Crippen LogP contribution in [-0.4, -0.2) is 32.6 Å². The molecule has 8 nitrogen and oxygen atoms in total. The Labute approximate surface area is 108 Å². The molecule has 102 valence electrons. The van der Waals surface area contributed by atoms with Gasteiger partial charge in [-0.3, -0.25) is 14.6 Å². The Morgan fingerprint density at radius 1 is 1.53 bits per heavy atom. The Hall–Kier alpha value is -2.38. The summed E-state index contributed by atoms with van der Waals surface area (Å²) in [6.45, 7) is 1.96. The van der Waals surface area contributed by atoms with Crippen LogP contribution < -0.4 is 10.9 Å². The zero-order chi connectivity index (χ0) is 13.7. The third-order valence-electron chi connectivity index (χ3n) is 2.50. The zero-order valence-electron chi connectivity index (χ0n) is 10.5. The van der Waals surface area contributed by atoms with E-state index in [1.165, 1.54) is 6.33 Å². The van der Waals surface area contributed by atoms with Crippen LogP contribution >= 0.6 is 0 Å². The molecule has 8 heteroatoms. The number of fused-ring (bicyclic) bond motifs is 1. The molecule has 0 unspecified atom stereocenters. The van der Waals surface area contributed by atoms with Crippen molar-refractivity contribution in [2.45, 2.75) is 26.2 Å². The van der Waals surface area contributed by atoms with Gasteiger partial charge >= 0.3 is 5.97 Å². The van der Waals surface area contributed by atoms with Gasteiger partial charge in [-0.1, -0.05) is 13.3 Å². The molecule has 2 aromatic heterocycles. The monoisotopic (exact) mass is 265 g/mol. The van der Waals surface area contributed by atoms with Crippen molar-refractivity contribution < 1.29 is 9.53 Å². The van der Waals surface area contributed by atoms with Gasteiger partial charge in [-0.25, -0.2) is 4.98 Å². The molecule has 0 fully saturated rings. The van der Waals surface area contributed by atoms with Crippen LogP contribution in [0.4, 0.5) is 5.95 Å². The summed E-state index contributed by atoms with van der Waals surface area (Å²) in [5.74, 6) is -0.0644. The third-order valence-corrected chi connectivity index (χ3v) is 2.50. The molecule has 2 rings (SSSR count). The van der Waals surface area contributed by atoms with Crippen LogP contribution in [0.2, 0.25) is 0 Å². The first-order chi connectivity index (χ1) is 9.20. The molecule has 19 heavy (non-hydrogen) atoms. The lowest BCUT2D eigenvalue weighted by Gasteiger charge is -2.06. The molecule has 0 aliphatic rings. The van der Waals surface area contributed by atoms with Crippen molar-refractivity contribution in [2.24, 2.45) is 0 Å². The number of nitrogens with zero attached hydrogens (tertiary/aromatic N) is 2. The van der Waals surface area contributed by atoms with Crippen molar-refractivity contribution in [1.82, 2.24) is 19.9 Å². The topological polar surface area (TPSA) is 113 Å². The Morgan fingerprint density at radius 3 is 3.16 bits per heavy atom. The maximum Gasteiger partial charge on any atom is 0.307 e. The molecule has 0 atom stereocenters. The number of H-pyrrole nitrogens is 2. The van der Waals surface area contributed by atoms with E-state index in [0.717, 1.165) is 12.8 Å². The molecule has 0 aromatic carbocycles. The molecule has 0 spiro atoms. The number of carbonyl (C=O) groups excluding carboxylic acids is 1. The van der Waals surface area contributed by atoms with E-state index in [1.807, 2.05) is 6.92 Å². The van der Waals surface area contributed by atoms with Gasteiger partial charge in [0.2, 0.25) is 5.95 Å². The number of esters is 1. The van der Waals surface area contributed by atoms with Gasteiger partial charge < -0.3 is 15.0 Å². The van der Waals surface area contributed by atoms with Gasteiger partial charge in [0.25, 0.3) is 5.56 Å². The van der Waals surface area contributed by atoms with Gasteiger partial charge in [0, 0.05) is 6.42 Å². The van der Waals surface area contributed by atoms with Crippen LogP contribution in [0, 0.1) is 0 Å². The Balaban J connectivity index is 1.91. The van der Waals surface area contributed by atoms with Gasteiger partial charge in [0.1, 0.15) is 0 Å². The van der Waals surface area contributed by atoms with Gasteiger partial charge in [-0.15, -0.1) is 0 Å². The van der Waals surface area contributed by atoms with E-state index >= 15 is 0 Å². The van der Waals surface area contributed by atoms with Crippen LogP contribution in [0.3, 0.4) is 0 Å². The van der Waals surface area contributed by atoms with Crippen LogP contribution in [0.5, 0.6) is 0 Å². The number of rotatable bonds is 6. The molecule has 0 radical (unpaired) electrons. The standard InChI is InChI=1S/C11H15N5O3/c1-2-3-4-7(17)19-6-14-11-15-9-8(10(18)16-11)12-5-13-9/h5H,2-4,6H2,1H3,(H3,12,13,14,15,16,18). The number of hydrogen-bond acceptors (Lipinski definition) is 6. The average Bonchev–Trinajstić information content (AvgIpc) is 2.85. The maximum atomic E-state index is 11.6. The fourth-order valence-corrected chi connectivity index (χ4v) is 1.50. The largest absolute Gasteiger partial charge is 0.444 e. The van der Waals surface area contributed by atoms with E-state index in [-0.39, 0.29) is 24.2 Å². The normalized spacial score (nSPS) is 10.6. The van der Waals surface area contributed by atoms with Crippen molar-refractivity contribution >= 4 is 23.1 Å². The quantitative estimate of drug-likeness (QED) is 0.524. The van der Waals surface area contributed by atoms with Crippen molar-refractivity contribution in [2.75, 3.05) is 12.0 Å². The molecule has 0 amide bonds. The van der Waals surface area contributed by atoms with E-state index < -0.39 is 0 Å². The highest BCUT2D eigenvalue weighted by molar-refractivity contribution is 5.70. The maximum absolute atomic E-state index is 11.6. The number of nitrogens with one attached hydrogen (secondary N) is 3. The first kappa shape index (κ1) is 13.1. The molecule has 0 bridgehead atoms. The minimum atomic E-state index is -0.331. The molecular weight excluding hydrogens is 250 g/mol. The molecule has 2 aromatic rings. The molecule has 0 aliphatic carbocycles. The first-order valence-electron chi connectivity index (χ1n) is 6.03. The minimum absolute atomic E-state index is 0.0403. The van der Waals surface area contributed by atoms with Crippen molar-refractivity contribution in [1.29, 1.82) is 0 Å². The molecule has 0 aliphatic heterocycles. The van der Waals surface area contributed by atoms with E-state index in [0.29, 0.717) is 17.6 Å². The molecular formula is C11H15N5O3. The van der Waals surface area contributed by atoms with E-state index in [9.17, 15) is 9.59 Å². The van der Waals surface area contributed by atoms with E-state index in [2.05, 4.69) is 25.3 Å². The van der Waals surface area contributed by atoms with Crippen LogP contribution in [0.15, 0.2) is 11.1 Å². The number of imidazole rings is 1. The predicted octanol–water partition coefficient (Wildman–Crippen LogP) is 0.749. The van der Waals surface area contributed by atoms with Gasteiger partial charge in [-0.05, 0) is 6.42 Å². The van der Waals surface area contributed by atoms with Crippen LogP contribution in [0.1, 0.15) is 26.2 Å². The van der Waals surface area contributed by atoms with Crippen molar-refractivity contribution in [3.05, 3.63) is 16.7 Å². The fourth-order valence-electron chi connectivity index (χ4n) is 1.50. The lowest BCUT2D eigenvalue weighted by molar-refractivity contribution is -0.142. The Kier molecular flexibility index (Phi) is 4.11. The van der Waals surface area contributed by atoms with Crippen LogP contribution in [-0.2, 0) is 9.53 Å². The van der Waals surface area contributed by atoms with E-state index in [4.69, 9.17) is 4.74 Å². The highest BCUT2D eigenvalue weighted by atomic mass is 16.5. The third kappa shape index (κ3) is 3.30. The summed E-state index contributed by atoms with van der Waals surface area (Å²) in [6, 6.07) is 0. The smallest absolute Gasteiger partial charge is 0.307 e. The van der Waals surface area contributed by atoms with Gasteiger partial charge in [0.15, 0.2) is 17.9 Å². The second-order valence-corrected chi connectivity index (χ2v) is 3.96. The summed E-state index contributed by atoms with van der Waals surface area (Å²) < 4.78 is 4.94. The van der Waals surface area contributed by atoms with Gasteiger partial charge in [-0.2, -0.15) is 4.98 Å². The summed E-state index contributed by atoms with van der Waals surface area (Å²) in [6.07, 6.45) is 3.52. The fraction of sp³-hybridized carbons (Fsp3) is 0.455. The summed E-state index contributed by atoms with van der Waals surface area (Å²) in [4.78, 5) is 36.0. The second kappa shape index (κ2) is 5.98.